The van der Waals surface area contributed by atoms with Crippen molar-refractivity contribution in [2.45, 2.75) is 38.7 Å². The number of benzene rings is 1. The van der Waals surface area contributed by atoms with Crippen LogP contribution in [0.3, 0.4) is 0 Å². The number of hydrogen-bond donors (Lipinski definition) is 2. The highest BCUT2D eigenvalue weighted by Crippen LogP contribution is 2.33. The normalized spacial score (nSPS) is 11.8. The summed E-state index contributed by atoms with van der Waals surface area (Å²) in [6.45, 7) is 2.88. The van der Waals surface area contributed by atoms with Gasteiger partial charge in [-0.1, -0.05) is 25.5 Å². The van der Waals surface area contributed by atoms with Gasteiger partial charge in [-0.3, -0.25) is 0 Å². The Balaban J connectivity index is 0.00000190. The highest BCUT2D eigenvalue weighted by molar-refractivity contribution is 5.61. The van der Waals surface area contributed by atoms with Gasteiger partial charge in [0.05, 0.1) is 11.3 Å². The van der Waals surface area contributed by atoms with Crippen LogP contribution in [0.2, 0.25) is 0 Å². The Morgan fingerprint density at radius 1 is 0.929 bits per heavy atom. The molecule has 0 saturated heterocycles. The number of aliphatic hydroxyl groups is 1. The van der Waals surface area contributed by atoms with E-state index in [1.54, 1.807) is 0 Å². The minimum Gasteiger partial charge on any atom is -0.400 e. The van der Waals surface area contributed by atoms with Crippen LogP contribution in [0.4, 0.5) is 26.3 Å². The van der Waals surface area contributed by atoms with Gasteiger partial charge < -0.3 is 10.4 Å². The van der Waals surface area contributed by atoms with Crippen LogP contribution in [0.1, 0.15) is 36.6 Å². The first-order chi connectivity index (χ1) is 13.1. The van der Waals surface area contributed by atoms with Crippen molar-refractivity contribution >= 4 is 0 Å². The van der Waals surface area contributed by atoms with E-state index in [1.807, 2.05) is 6.92 Å². The molecule has 2 rings (SSSR count). The van der Waals surface area contributed by atoms with Crippen LogP contribution in [0.25, 0.3) is 11.3 Å². The van der Waals surface area contributed by atoms with Gasteiger partial charge in [-0.25, -0.2) is 4.98 Å². The smallest absolute Gasteiger partial charge is 0.400 e. The summed E-state index contributed by atoms with van der Waals surface area (Å²) in [6.07, 6.45) is -7.30. The summed E-state index contributed by atoms with van der Waals surface area (Å²) in [4.78, 5) is 3.58. The molecule has 3 nitrogen and oxygen atoms in total. The van der Waals surface area contributed by atoms with Crippen LogP contribution in [0.15, 0.2) is 36.4 Å². The molecule has 0 amide bonds. The maximum Gasteiger partial charge on any atom is 0.433 e. The molecule has 0 bridgehead atoms. The van der Waals surface area contributed by atoms with Gasteiger partial charge in [0, 0.05) is 19.2 Å². The van der Waals surface area contributed by atoms with Crippen LogP contribution in [-0.4, -0.2) is 23.7 Å². The number of aromatic nitrogens is 1. The fourth-order valence-electron chi connectivity index (χ4n) is 2.35. The Bertz CT molecular complexity index is 727. The fourth-order valence-corrected chi connectivity index (χ4v) is 2.35. The van der Waals surface area contributed by atoms with E-state index >= 15 is 0 Å². The third-order valence-electron chi connectivity index (χ3n) is 3.72. The zero-order valence-electron chi connectivity index (χ0n) is 15.5. The van der Waals surface area contributed by atoms with Crippen molar-refractivity contribution in [1.82, 2.24) is 10.3 Å². The second-order valence-electron chi connectivity index (χ2n) is 5.85. The lowest BCUT2D eigenvalue weighted by molar-refractivity contribution is -0.141. The lowest BCUT2D eigenvalue weighted by Crippen LogP contribution is -2.16. The molecule has 0 aliphatic carbocycles. The Kier molecular flexibility index (Phi) is 8.90. The number of hydrogen-bond acceptors (Lipinski definition) is 3. The van der Waals surface area contributed by atoms with Crippen LogP contribution in [-0.2, 0) is 18.9 Å². The molecule has 0 aliphatic rings. The molecule has 0 saturated carbocycles. The van der Waals surface area contributed by atoms with E-state index in [2.05, 4.69) is 10.3 Å². The van der Waals surface area contributed by atoms with Gasteiger partial charge in [-0.15, -0.1) is 0 Å². The minimum absolute atomic E-state index is 0.0131. The standard InChI is InChI=1S/C18H18F6N2.CH4O/c1-2-3-8-25-11-12-9-15(26-16(10-12)18(22,23)24)13-4-6-14(7-5-13)17(19,20)21;1-2/h4-7,9-10,25H,2-3,8,11H2,1H3;2H,1H3. The molecular formula is C19H22F6N2O. The molecule has 0 atom stereocenters. The second kappa shape index (κ2) is 10.4. The van der Waals surface area contributed by atoms with E-state index in [-0.39, 0.29) is 17.8 Å². The molecule has 1 aromatic carbocycles. The maximum atomic E-state index is 13.1. The second-order valence-corrected chi connectivity index (χ2v) is 5.85. The average molecular weight is 408 g/mol. The van der Waals surface area contributed by atoms with E-state index in [0.29, 0.717) is 12.1 Å². The summed E-state index contributed by atoms with van der Waals surface area (Å²) < 4.78 is 77.2. The van der Waals surface area contributed by atoms with Crippen molar-refractivity contribution in [3.63, 3.8) is 0 Å². The summed E-state index contributed by atoms with van der Waals surface area (Å²) >= 11 is 0. The number of unbranched alkanes of at least 4 members (excludes halogenated alkanes) is 1. The molecule has 156 valence electrons. The quantitative estimate of drug-likeness (QED) is 0.505. The largest absolute Gasteiger partial charge is 0.433 e. The van der Waals surface area contributed by atoms with Crippen molar-refractivity contribution < 1.29 is 31.4 Å². The summed E-state index contributed by atoms with van der Waals surface area (Å²) in [6, 6.07) is 6.31. The van der Waals surface area contributed by atoms with Crippen molar-refractivity contribution in [3.8, 4) is 11.3 Å². The van der Waals surface area contributed by atoms with Crippen LogP contribution >= 0.6 is 0 Å². The third-order valence-corrected chi connectivity index (χ3v) is 3.72. The van der Waals surface area contributed by atoms with Gasteiger partial charge in [-0.05, 0) is 42.8 Å². The van der Waals surface area contributed by atoms with Crippen LogP contribution < -0.4 is 5.32 Å². The number of nitrogens with one attached hydrogen (secondary N) is 1. The number of alkyl halides is 6. The van der Waals surface area contributed by atoms with Gasteiger partial charge in [0.1, 0.15) is 5.69 Å². The Morgan fingerprint density at radius 3 is 2.04 bits per heavy atom. The Morgan fingerprint density at radius 2 is 1.54 bits per heavy atom. The minimum atomic E-state index is -4.64. The number of pyridine rings is 1. The molecule has 0 spiro atoms. The lowest BCUT2D eigenvalue weighted by atomic mass is 10.1. The average Bonchev–Trinajstić information content (AvgIpc) is 2.65. The molecule has 0 aliphatic heterocycles. The summed E-state index contributed by atoms with van der Waals surface area (Å²) in [5, 5.41) is 10.0. The van der Waals surface area contributed by atoms with Gasteiger partial charge in [0.25, 0.3) is 0 Å². The number of aliphatic hydroxyl groups excluding tert-OH is 1. The van der Waals surface area contributed by atoms with Crippen LogP contribution in [0.5, 0.6) is 0 Å². The highest BCUT2D eigenvalue weighted by atomic mass is 19.4. The van der Waals surface area contributed by atoms with E-state index in [1.165, 1.54) is 6.07 Å². The SMILES string of the molecule is CCCCNCc1cc(-c2ccc(C(F)(F)F)cc2)nc(C(F)(F)F)c1.CO. The number of halogens is 6. The molecule has 2 N–H and O–H groups in total. The first-order valence-corrected chi connectivity index (χ1v) is 8.52. The van der Waals surface area contributed by atoms with Crippen molar-refractivity contribution in [2.24, 2.45) is 0 Å². The van der Waals surface area contributed by atoms with Gasteiger partial charge in [-0.2, -0.15) is 26.3 Å². The monoisotopic (exact) mass is 408 g/mol. The predicted molar refractivity (Wildman–Crippen MR) is 94.4 cm³/mol. The van der Waals surface area contributed by atoms with Crippen molar-refractivity contribution in [2.75, 3.05) is 13.7 Å². The summed E-state index contributed by atoms with van der Waals surface area (Å²) in [7, 11) is 1.00. The molecule has 0 radical (unpaired) electrons. The van der Waals surface area contributed by atoms with E-state index in [4.69, 9.17) is 5.11 Å². The zero-order valence-corrected chi connectivity index (χ0v) is 15.5. The number of nitrogens with zero attached hydrogens (tertiary/aromatic N) is 1. The Labute approximate surface area is 159 Å². The topological polar surface area (TPSA) is 45.2 Å². The molecule has 0 unspecified atom stereocenters. The highest BCUT2D eigenvalue weighted by Gasteiger charge is 2.33. The van der Waals surface area contributed by atoms with Crippen molar-refractivity contribution in [1.29, 1.82) is 0 Å². The van der Waals surface area contributed by atoms with Gasteiger partial charge >= 0.3 is 12.4 Å². The molecule has 9 heteroatoms. The molecular weight excluding hydrogens is 386 g/mol. The zero-order chi connectivity index (χ0) is 21.4. The van der Waals surface area contributed by atoms with E-state index in [0.717, 1.165) is 50.3 Å². The Hall–Kier alpha value is -2.13. The molecule has 0 fully saturated rings. The molecule has 1 aromatic heterocycles. The van der Waals surface area contributed by atoms with Crippen molar-refractivity contribution in [3.05, 3.63) is 53.2 Å². The first kappa shape index (κ1) is 23.9. The first-order valence-electron chi connectivity index (χ1n) is 8.52. The van der Waals surface area contributed by atoms with Crippen LogP contribution in [0, 0.1) is 0 Å². The van der Waals surface area contributed by atoms with Gasteiger partial charge in [0.15, 0.2) is 0 Å². The fraction of sp³-hybridized carbons (Fsp3) is 0.421. The van der Waals surface area contributed by atoms with Gasteiger partial charge in [0.2, 0.25) is 0 Å². The lowest BCUT2D eigenvalue weighted by Gasteiger charge is -2.13. The maximum absolute atomic E-state index is 13.1. The predicted octanol–water partition coefficient (Wildman–Crippen LogP) is 5.28. The summed E-state index contributed by atoms with van der Waals surface area (Å²) in [5.41, 5.74) is -1.38. The third kappa shape index (κ3) is 7.12. The molecule has 1 heterocycles. The molecule has 28 heavy (non-hydrogen) atoms. The summed E-state index contributed by atoms with van der Waals surface area (Å²) in [5.74, 6) is 0. The molecule has 2 aromatic rings. The number of rotatable bonds is 6. The van der Waals surface area contributed by atoms with E-state index in [9.17, 15) is 26.3 Å². The van der Waals surface area contributed by atoms with E-state index < -0.39 is 23.6 Å².